The monoisotopic (exact) mass is 289 g/mol. The summed E-state index contributed by atoms with van der Waals surface area (Å²) < 4.78 is 5.43. The van der Waals surface area contributed by atoms with Gasteiger partial charge in [0.05, 0.1) is 18.4 Å². The van der Waals surface area contributed by atoms with E-state index in [-0.39, 0.29) is 5.91 Å². The standard InChI is InChI=1S/C16H19NO4/c18-15(12-3-1-2-4-13(12)16(19)20)17-11-5-6-14-10(9-11)7-8-21-14/h5-6,9,12-13H,1-4,7-8H2,(H,17,18)(H,19,20). The number of fused-ring (bicyclic) bond motifs is 1. The highest BCUT2D eigenvalue weighted by molar-refractivity contribution is 5.95. The zero-order valence-electron chi connectivity index (χ0n) is 11.8. The van der Waals surface area contributed by atoms with E-state index >= 15 is 0 Å². The molecule has 1 amide bonds. The molecule has 1 aliphatic carbocycles. The van der Waals surface area contributed by atoms with Gasteiger partial charge in [0.25, 0.3) is 0 Å². The highest BCUT2D eigenvalue weighted by Crippen LogP contribution is 2.32. The average Bonchev–Trinajstić information content (AvgIpc) is 2.94. The quantitative estimate of drug-likeness (QED) is 0.896. The van der Waals surface area contributed by atoms with Crippen LogP contribution < -0.4 is 10.1 Å². The van der Waals surface area contributed by atoms with Crippen LogP contribution in [-0.4, -0.2) is 23.6 Å². The molecule has 3 rings (SSSR count). The zero-order valence-corrected chi connectivity index (χ0v) is 11.8. The highest BCUT2D eigenvalue weighted by Gasteiger charge is 2.35. The number of aliphatic carboxylic acids is 1. The molecule has 21 heavy (non-hydrogen) atoms. The van der Waals surface area contributed by atoms with Gasteiger partial charge >= 0.3 is 5.97 Å². The molecule has 2 N–H and O–H groups in total. The van der Waals surface area contributed by atoms with Crippen molar-refractivity contribution in [3.8, 4) is 5.75 Å². The lowest BCUT2D eigenvalue weighted by Crippen LogP contribution is -2.36. The van der Waals surface area contributed by atoms with E-state index in [4.69, 9.17) is 4.74 Å². The molecule has 112 valence electrons. The number of carboxylic acid groups (broad SMARTS) is 1. The molecule has 1 heterocycles. The molecule has 1 saturated carbocycles. The molecule has 0 saturated heterocycles. The second kappa shape index (κ2) is 5.76. The van der Waals surface area contributed by atoms with Gasteiger partial charge in [-0.05, 0) is 36.6 Å². The smallest absolute Gasteiger partial charge is 0.307 e. The Labute approximate surface area is 123 Å². The second-order valence-corrected chi connectivity index (χ2v) is 5.75. The fourth-order valence-corrected chi connectivity index (χ4v) is 3.24. The summed E-state index contributed by atoms with van der Waals surface area (Å²) in [5.41, 5.74) is 1.81. The third-order valence-corrected chi connectivity index (χ3v) is 4.38. The molecule has 0 aromatic heterocycles. The van der Waals surface area contributed by atoms with E-state index in [9.17, 15) is 14.7 Å². The minimum Gasteiger partial charge on any atom is -0.493 e. The van der Waals surface area contributed by atoms with Crippen molar-refractivity contribution in [3.05, 3.63) is 23.8 Å². The van der Waals surface area contributed by atoms with Crippen molar-refractivity contribution in [2.24, 2.45) is 11.8 Å². The number of carbonyl (C=O) groups excluding carboxylic acids is 1. The molecule has 5 heteroatoms. The molecule has 1 aromatic rings. The molecular weight excluding hydrogens is 270 g/mol. The zero-order chi connectivity index (χ0) is 14.8. The maximum Gasteiger partial charge on any atom is 0.307 e. The molecule has 0 radical (unpaired) electrons. The maximum atomic E-state index is 12.4. The highest BCUT2D eigenvalue weighted by atomic mass is 16.5. The van der Waals surface area contributed by atoms with Crippen LogP contribution in [0.3, 0.4) is 0 Å². The lowest BCUT2D eigenvalue weighted by Gasteiger charge is -2.27. The first kappa shape index (κ1) is 13.9. The number of ether oxygens (including phenoxy) is 1. The summed E-state index contributed by atoms with van der Waals surface area (Å²) in [6, 6.07) is 5.58. The molecule has 2 atom stereocenters. The molecule has 1 aromatic carbocycles. The van der Waals surface area contributed by atoms with Crippen LogP contribution in [0.2, 0.25) is 0 Å². The van der Waals surface area contributed by atoms with Gasteiger partial charge in [-0.3, -0.25) is 9.59 Å². The normalized spacial score (nSPS) is 24.0. The summed E-state index contributed by atoms with van der Waals surface area (Å²) in [4.78, 5) is 23.7. The van der Waals surface area contributed by atoms with Crippen molar-refractivity contribution in [2.75, 3.05) is 11.9 Å². The largest absolute Gasteiger partial charge is 0.493 e. The lowest BCUT2D eigenvalue weighted by molar-refractivity contribution is -0.147. The lowest BCUT2D eigenvalue weighted by atomic mass is 9.78. The fraction of sp³-hybridized carbons (Fsp3) is 0.500. The first-order chi connectivity index (χ1) is 10.1. The second-order valence-electron chi connectivity index (χ2n) is 5.75. The number of nitrogens with one attached hydrogen (secondary N) is 1. The number of benzene rings is 1. The number of amides is 1. The number of anilines is 1. The molecule has 5 nitrogen and oxygen atoms in total. The van der Waals surface area contributed by atoms with E-state index in [1.54, 1.807) is 6.07 Å². The van der Waals surface area contributed by atoms with Crippen LogP contribution >= 0.6 is 0 Å². The van der Waals surface area contributed by atoms with Crippen LogP contribution in [0.25, 0.3) is 0 Å². The molecule has 1 fully saturated rings. The van der Waals surface area contributed by atoms with Gasteiger partial charge in [-0.2, -0.15) is 0 Å². The SMILES string of the molecule is O=C(O)C1CCCCC1C(=O)Nc1ccc2c(c1)CCO2. The van der Waals surface area contributed by atoms with E-state index in [1.165, 1.54) is 0 Å². The van der Waals surface area contributed by atoms with Gasteiger partial charge in [0.2, 0.25) is 5.91 Å². The van der Waals surface area contributed by atoms with Gasteiger partial charge < -0.3 is 15.2 Å². The van der Waals surface area contributed by atoms with Gasteiger partial charge in [-0.1, -0.05) is 12.8 Å². The van der Waals surface area contributed by atoms with E-state index in [1.807, 2.05) is 12.1 Å². The number of carbonyl (C=O) groups is 2. The van der Waals surface area contributed by atoms with E-state index < -0.39 is 17.8 Å². The first-order valence-electron chi connectivity index (χ1n) is 7.44. The van der Waals surface area contributed by atoms with Gasteiger partial charge in [-0.25, -0.2) is 0 Å². The van der Waals surface area contributed by atoms with E-state index in [2.05, 4.69) is 5.32 Å². The van der Waals surface area contributed by atoms with E-state index in [0.29, 0.717) is 19.4 Å². The summed E-state index contributed by atoms with van der Waals surface area (Å²) in [5.74, 6) is -1.16. The van der Waals surface area contributed by atoms with Crippen molar-refractivity contribution in [2.45, 2.75) is 32.1 Å². The predicted molar refractivity (Wildman–Crippen MR) is 77.4 cm³/mol. The Bertz CT molecular complexity index is 569. The molecule has 0 spiro atoms. The fourth-order valence-electron chi connectivity index (χ4n) is 3.24. The van der Waals surface area contributed by atoms with E-state index in [0.717, 1.165) is 36.3 Å². The summed E-state index contributed by atoms with van der Waals surface area (Å²) in [5, 5.41) is 12.1. The Morgan fingerprint density at radius 1 is 1.19 bits per heavy atom. The first-order valence-corrected chi connectivity index (χ1v) is 7.44. The molecule has 2 unspecified atom stereocenters. The molecule has 0 bridgehead atoms. The Hall–Kier alpha value is -2.04. The van der Waals surface area contributed by atoms with Crippen molar-refractivity contribution in [1.29, 1.82) is 0 Å². The summed E-state index contributed by atoms with van der Waals surface area (Å²) >= 11 is 0. The Morgan fingerprint density at radius 2 is 1.95 bits per heavy atom. The maximum absolute atomic E-state index is 12.4. The van der Waals surface area contributed by atoms with Crippen LogP contribution in [0.5, 0.6) is 5.75 Å². The van der Waals surface area contributed by atoms with Crippen LogP contribution in [0.1, 0.15) is 31.2 Å². The van der Waals surface area contributed by atoms with Gasteiger partial charge in [0.1, 0.15) is 5.75 Å². The van der Waals surface area contributed by atoms with Gasteiger partial charge in [-0.15, -0.1) is 0 Å². The van der Waals surface area contributed by atoms with Crippen LogP contribution in [-0.2, 0) is 16.0 Å². The van der Waals surface area contributed by atoms with Crippen molar-refractivity contribution in [3.63, 3.8) is 0 Å². The van der Waals surface area contributed by atoms with Gasteiger partial charge in [0.15, 0.2) is 0 Å². The Balaban J connectivity index is 1.71. The molecule has 1 aliphatic heterocycles. The minimum absolute atomic E-state index is 0.180. The molecule has 2 aliphatic rings. The van der Waals surface area contributed by atoms with Crippen LogP contribution in [0.15, 0.2) is 18.2 Å². The minimum atomic E-state index is -0.864. The van der Waals surface area contributed by atoms with Gasteiger partial charge in [0, 0.05) is 12.1 Å². The topological polar surface area (TPSA) is 75.6 Å². The summed E-state index contributed by atoms with van der Waals surface area (Å²) in [6.45, 7) is 0.677. The summed E-state index contributed by atoms with van der Waals surface area (Å²) in [7, 11) is 0. The third kappa shape index (κ3) is 2.86. The number of hydrogen-bond acceptors (Lipinski definition) is 3. The Morgan fingerprint density at radius 3 is 2.71 bits per heavy atom. The van der Waals surface area contributed by atoms with Crippen LogP contribution in [0, 0.1) is 11.8 Å². The predicted octanol–water partition coefficient (Wildman–Crippen LogP) is 2.45. The Kier molecular flexibility index (Phi) is 3.82. The number of rotatable bonds is 3. The van der Waals surface area contributed by atoms with Crippen molar-refractivity contribution < 1.29 is 19.4 Å². The average molecular weight is 289 g/mol. The third-order valence-electron chi connectivity index (χ3n) is 4.38. The van der Waals surface area contributed by atoms with Crippen molar-refractivity contribution in [1.82, 2.24) is 0 Å². The molecular formula is C16H19NO4. The van der Waals surface area contributed by atoms with Crippen LogP contribution in [0.4, 0.5) is 5.69 Å². The number of carboxylic acids is 1. The van der Waals surface area contributed by atoms with Crippen molar-refractivity contribution >= 4 is 17.6 Å². The summed E-state index contributed by atoms with van der Waals surface area (Å²) in [6.07, 6.45) is 3.89. The number of hydrogen-bond donors (Lipinski definition) is 2.